The first-order valence-corrected chi connectivity index (χ1v) is 8.68. The third-order valence-electron chi connectivity index (χ3n) is 4.99. The molecule has 0 spiro atoms. The maximum atomic E-state index is 12.6. The number of urea groups is 1. The summed E-state index contributed by atoms with van der Waals surface area (Å²) in [5.74, 6) is 1.02. The van der Waals surface area contributed by atoms with E-state index >= 15 is 0 Å². The molecule has 126 valence electrons. The highest BCUT2D eigenvalue weighted by atomic mass is 16.5. The van der Waals surface area contributed by atoms with Crippen LogP contribution in [0, 0.1) is 0 Å². The van der Waals surface area contributed by atoms with Gasteiger partial charge in [0.1, 0.15) is 5.82 Å². The van der Waals surface area contributed by atoms with Crippen LogP contribution in [0.2, 0.25) is 0 Å². The molecule has 7 heteroatoms. The molecule has 4 heterocycles. The lowest BCUT2D eigenvalue weighted by Crippen LogP contribution is -2.50. The molecule has 1 aromatic rings. The number of aromatic nitrogens is 2. The molecule has 0 bridgehead atoms. The van der Waals surface area contributed by atoms with E-state index in [1.165, 1.54) is 25.9 Å². The average Bonchev–Trinajstić information content (AvgIpc) is 3.23. The number of nitrogens with zero attached hydrogens (tertiary/aromatic N) is 5. The predicted molar refractivity (Wildman–Crippen MR) is 84.9 cm³/mol. The Morgan fingerprint density at radius 3 is 2.61 bits per heavy atom. The van der Waals surface area contributed by atoms with Crippen LogP contribution >= 0.6 is 0 Å². The maximum absolute atomic E-state index is 12.6. The van der Waals surface area contributed by atoms with Crippen LogP contribution in [0.15, 0.2) is 6.20 Å². The first kappa shape index (κ1) is 15.0. The van der Waals surface area contributed by atoms with Crippen molar-refractivity contribution >= 4 is 6.03 Å². The van der Waals surface area contributed by atoms with Gasteiger partial charge in [0.05, 0.1) is 25.5 Å². The number of rotatable bonds is 2. The maximum Gasteiger partial charge on any atom is 0.320 e. The first-order valence-electron chi connectivity index (χ1n) is 8.68. The number of carbonyl (C=O) groups excluding carboxylic acids is 1. The van der Waals surface area contributed by atoms with E-state index < -0.39 is 0 Å². The second-order valence-corrected chi connectivity index (χ2v) is 6.63. The molecule has 0 aliphatic carbocycles. The van der Waals surface area contributed by atoms with Crippen LogP contribution in [0.3, 0.4) is 0 Å². The molecule has 3 aliphatic rings. The van der Waals surface area contributed by atoms with Gasteiger partial charge in [0.2, 0.25) is 0 Å². The van der Waals surface area contributed by atoms with E-state index in [0.717, 1.165) is 31.2 Å². The van der Waals surface area contributed by atoms with Crippen LogP contribution in [0.1, 0.15) is 24.4 Å². The molecule has 0 unspecified atom stereocenters. The summed E-state index contributed by atoms with van der Waals surface area (Å²) in [5, 5.41) is 0. The molecule has 4 rings (SSSR count). The van der Waals surface area contributed by atoms with Gasteiger partial charge >= 0.3 is 6.03 Å². The highest BCUT2D eigenvalue weighted by Crippen LogP contribution is 2.17. The number of amides is 2. The van der Waals surface area contributed by atoms with Crippen LogP contribution in [-0.2, 0) is 24.4 Å². The van der Waals surface area contributed by atoms with Crippen molar-refractivity contribution in [3.63, 3.8) is 0 Å². The molecule has 0 atom stereocenters. The fourth-order valence-corrected chi connectivity index (χ4v) is 3.68. The highest BCUT2D eigenvalue weighted by molar-refractivity contribution is 5.74. The van der Waals surface area contributed by atoms with Gasteiger partial charge in [-0.1, -0.05) is 0 Å². The molecule has 0 radical (unpaired) electrons. The summed E-state index contributed by atoms with van der Waals surface area (Å²) in [6.07, 6.45) is 4.77. The molecule has 23 heavy (non-hydrogen) atoms. The number of hydrogen-bond donors (Lipinski definition) is 0. The van der Waals surface area contributed by atoms with E-state index in [2.05, 4.69) is 15.7 Å². The van der Waals surface area contributed by atoms with E-state index in [1.54, 1.807) is 0 Å². The number of imidazole rings is 1. The van der Waals surface area contributed by atoms with Crippen LogP contribution < -0.4 is 0 Å². The van der Waals surface area contributed by atoms with E-state index in [0.29, 0.717) is 32.8 Å². The molecular formula is C16H25N5O2. The van der Waals surface area contributed by atoms with Crippen molar-refractivity contribution in [2.75, 3.05) is 45.9 Å². The number of fused-ring (bicyclic) bond motifs is 1. The predicted octanol–water partition coefficient (Wildman–Crippen LogP) is 0.747. The fraction of sp³-hybridized carbons (Fsp3) is 0.750. The van der Waals surface area contributed by atoms with Gasteiger partial charge in [0.25, 0.3) is 0 Å². The van der Waals surface area contributed by atoms with Crippen molar-refractivity contribution in [3.05, 3.63) is 17.7 Å². The molecule has 0 aromatic carbocycles. The van der Waals surface area contributed by atoms with Crippen molar-refractivity contribution in [1.82, 2.24) is 24.3 Å². The third-order valence-corrected chi connectivity index (χ3v) is 4.99. The second kappa shape index (κ2) is 6.49. The summed E-state index contributed by atoms with van der Waals surface area (Å²) >= 11 is 0. The molecule has 1 aromatic heterocycles. The van der Waals surface area contributed by atoms with Gasteiger partial charge in [0.15, 0.2) is 0 Å². The lowest BCUT2D eigenvalue weighted by Gasteiger charge is -2.34. The van der Waals surface area contributed by atoms with Gasteiger partial charge in [-0.05, 0) is 25.9 Å². The van der Waals surface area contributed by atoms with Gasteiger partial charge in [-0.25, -0.2) is 9.78 Å². The normalized spacial score (nSPS) is 22.4. The zero-order valence-corrected chi connectivity index (χ0v) is 13.6. The Balaban J connectivity index is 1.40. The highest BCUT2D eigenvalue weighted by Gasteiger charge is 2.27. The topological polar surface area (TPSA) is 53.8 Å². The van der Waals surface area contributed by atoms with Gasteiger partial charge in [-0.2, -0.15) is 0 Å². The average molecular weight is 319 g/mol. The molecule has 7 nitrogen and oxygen atoms in total. The zero-order chi connectivity index (χ0) is 15.6. The molecule has 2 fully saturated rings. The number of likely N-dealkylation sites (tertiary alicyclic amines) is 1. The molecule has 3 aliphatic heterocycles. The van der Waals surface area contributed by atoms with Crippen LogP contribution in [0.5, 0.6) is 0 Å². The third kappa shape index (κ3) is 3.21. The Morgan fingerprint density at radius 1 is 1.04 bits per heavy atom. The summed E-state index contributed by atoms with van der Waals surface area (Å²) in [6.45, 7) is 8.23. The summed E-state index contributed by atoms with van der Waals surface area (Å²) < 4.78 is 7.54. The Morgan fingerprint density at radius 2 is 1.83 bits per heavy atom. The SMILES string of the molecule is O=C(N1CCOCC1)N1CCn2cc(CN3CCCC3)nc2C1. The van der Waals surface area contributed by atoms with E-state index in [9.17, 15) is 4.79 Å². The summed E-state index contributed by atoms with van der Waals surface area (Å²) in [4.78, 5) is 23.7. The van der Waals surface area contributed by atoms with Gasteiger partial charge in [-0.15, -0.1) is 0 Å². The van der Waals surface area contributed by atoms with Crippen LogP contribution in [-0.4, -0.2) is 76.2 Å². The lowest BCUT2D eigenvalue weighted by molar-refractivity contribution is 0.0408. The fourth-order valence-electron chi connectivity index (χ4n) is 3.68. The smallest absolute Gasteiger partial charge is 0.320 e. The largest absolute Gasteiger partial charge is 0.378 e. The van der Waals surface area contributed by atoms with Crippen molar-refractivity contribution in [2.45, 2.75) is 32.5 Å². The quantitative estimate of drug-likeness (QED) is 0.807. The Labute approximate surface area is 136 Å². The van der Waals surface area contributed by atoms with E-state index in [4.69, 9.17) is 9.72 Å². The Kier molecular flexibility index (Phi) is 4.22. The van der Waals surface area contributed by atoms with Crippen molar-refractivity contribution in [1.29, 1.82) is 0 Å². The molecule has 0 saturated carbocycles. The minimum absolute atomic E-state index is 0.128. The van der Waals surface area contributed by atoms with Crippen LogP contribution in [0.4, 0.5) is 4.79 Å². The van der Waals surface area contributed by atoms with E-state index in [1.807, 2.05) is 9.80 Å². The molecule has 2 amide bonds. The zero-order valence-electron chi connectivity index (χ0n) is 13.6. The van der Waals surface area contributed by atoms with E-state index in [-0.39, 0.29) is 6.03 Å². The summed E-state index contributed by atoms with van der Waals surface area (Å²) in [5.41, 5.74) is 1.14. The van der Waals surface area contributed by atoms with Crippen LogP contribution in [0.25, 0.3) is 0 Å². The number of ether oxygens (including phenoxy) is 1. The lowest BCUT2D eigenvalue weighted by atomic mass is 10.3. The first-order chi connectivity index (χ1) is 11.3. The molecule has 2 saturated heterocycles. The molecule has 0 N–H and O–H groups in total. The minimum atomic E-state index is 0.128. The summed E-state index contributed by atoms with van der Waals surface area (Å²) in [7, 11) is 0. The summed E-state index contributed by atoms with van der Waals surface area (Å²) in [6, 6.07) is 0.128. The van der Waals surface area contributed by atoms with Gasteiger partial charge < -0.3 is 19.1 Å². The Bertz CT molecular complexity index is 561. The van der Waals surface area contributed by atoms with Gasteiger partial charge in [-0.3, -0.25) is 4.90 Å². The number of carbonyl (C=O) groups is 1. The molecular weight excluding hydrogens is 294 g/mol. The van der Waals surface area contributed by atoms with Crippen molar-refractivity contribution < 1.29 is 9.53 Å². The second-order valence-electron chi connectivity index (χ2n) is 6.63. The van der Waals surface area contributed by atoms with Gasteiger partial charge in [0, 0.05) is 38.9 Å². The minimum Gasteiger partial charge on any atom is -0.378 e. The van der Waals surface area contributed by atoms with Crippen molar-refractivity contribution in [3.8, 4) is 0 Å². The monoisotopic (exact) mass is 319 g/mol. The van der Waals surface area contributed by atoms with Crippen molar-refractivity contribution in [2.24, 2.45) is 0 Å². The standard InChI is InChI=1S/C16H25N5O2/c22-16(19-7-9-23-10-8-19)21-6-5-20-12-14(17-15(20)13-21)11-18-3-1-2-4-18/h12H,1-11,13H2. The Hall–Kier alpha value is -1.60. The number of hydrogen-bond acceptors (Lipinski definition) is 4. The number of morpholine rings is 1.